The summed E-state index contributed by atoms with van der Waals surface area (Å²) >= 11 is 0. The van der Waals surface area contributed by atoms with Crippen LogP contribution in [0.4, 0.5) is 0 Å². The van der Waals surface area contributed by atoms with Crippen LogP contribution in [-0.2, 0) is 4.74 Å². The Hall–Kier alpha value is -0.730. The van der Waals surface area contributed by atoms with Crippen molar-refractivity contribution in [1.82, 2.24) is 5.43 Å². The second-order valence-corrected chi connectivity index (χ2v) is 7.02. The van der Waals surface area contributed by atoms with Crippen molar-refractivity contribution >= 4 is 5.90 Å². The van der Waals surface area contributed by atoms with Gasteiger partial charge in [0.1, 0.15) is 0 Å². The van der Waals surface area contributed by atoms with Crippen LogP contribution in [0, 0.1) is 16.7 Å². The first-order valence-electron chi connectivity index (χ1n) is 6.09. The normalized spacial score (nSPS) is 23.4. The predicted octanol–water partition coefficient (Wildman–Crippen LogP) is 3.36. The van der Waals surface area contributed by atoms with E-state index in [1.807, 2.05) is 6.92 Å². The molecule has 0 aromatic rings. The standard InChI is InChI=1S/C13H26N2O/c1-9-14-15-11(16-9)10(13(5,6)7)8-12(2,3)4/h9-10,14H,8H2,1-7H3. The van der Waals surface area contributed by atoms with E-state index in [2.05, 4.69) is 52.1 Å². The van der Waals surface area contributed by atoms with Gasteiger partial charge in [0.05, 0.1) is 0 Å². The van der Waals surface area contributed by atoms with Crippen molar-refractivity contribution in [2.45, 2.75) is 61.1 Å². The number of nitrogens with one attached hydrogen (secondary N) is 1. The summed E-state index contributed by atoms with van der Waals surface area (Å²) in [5, 5.41) is 4.31. The van der Waals surface area contributed by atoms with Crippen molar-refractivity contribution in [3.8, 4) is 0 Å². The van der Waals surface area contributed by atoms with Crippen LogP contribution >= 0.6 is 0 Å². The molecule has 0 saturated carbocycles. The molecule has 16 heavy (non-hydrogen) atoms. The summed E-state index contributed by atoms with van der Waals surface area (Å²) in [7, 11) is 0. The van der Waals surface area contributed by atoms with Gasteiger partial charge in [-0.25, -0.2) is 0 Å². The fourth-order valence-electron chi connectivity index (χ4n) is 1.92. The summed E-state index contributed by atoms with van der Waals surface area (Å²) in [6.45, 7) is 15.5. The van der Waals surface area contributed by atoms with E-state index in [0.29, 0.717) is 5.92 Å². The highest BCUT2D eigenvalue weighted by molar-refractivity contribution is 5.80. The number of rotatable bonds is 2. The lowest BCUT2D eigenvalue weighted by atomic mass is 9.72. The van der Waals surface area contributed by atoms with Gasteiger partial charge in [0.15, 0.2) is 6.23 Å². The van der Waals surface area contributed by atoms with E-state index >= 15 is 0 Å². The van der Waals surface area contributed by atoms with Crippen molar-refractivity contribution in [2.75, 3.05) is 0 Å². The zero-order valence-corrected chi connectivity index (χ0v) is 11.7. The van der Waals surface area contributed by atoms with E-state index in [0.717, 1.165) is 12.3 Å². The molecule has 3 nitrogen and oxygen atoms in total. The molecule has 2 unspecified atom stereocenters. The van der Waals surface area contributed by atoms with Crippen molar-refractivity contribution in [3.05, 3.63) is 0 Å². The maximum atomic E-state index is 5.73. The summed E-state index contributed by atoms with van der Waals surface area (Å²) in [5.41, 5.74) is 3.44. The molecule has 0 spiro atoms. The van der Waals surface area contributed by atoms with E-state index in [1.54, 1.807) is 0 Å². The fourth-order valence-corrected chi connectivity index (χ4v) is 1.92. The lowest BCUT2D eigenvalue weighted by molar-refractivity contribution is 0.152. The van der Waals surface area contributed by atoms with Gasteiger partial charge in [0, 0.05) is 5.92 Å². The molecule has 2 atom stereocenters. The maximum absolute atomic E-state index is 5.73. The molecule has 0 fully saturated rings. The van der Waals surface area contributed by atoms with Gasteiger partial charge in [0.25, 0.3) is 0 Å². The molecular weight excluding hydrogens is 200 g/mol. The van der Waals surface area contributed by atoms with Crippen LogP contribution in [0.5, 0.6) is 0 Å². The summed E-state index contributed by atoms with van der Waals surface area (Å²) in [5.74, 6) is 1.24. The molecule has 0 amide bonds. The highest BCUT2D eigenvalue weighted by atomic mass is 16.5. The Morgan fingerprint density at radius 1 is 1.25 bits per heavy atom. The van der Waals surface area contributed by atoms with Gasteiger partial charge in [0.2, 0.25) is 5.90 Å². The zero-order valence-electron chi connectivity index (χ0n) is 11.7. The number of ether oxygens (including phenoxy) is 1. The molecule has 0 aliphatic carbocycles. The first-order valence-corrected chi connectivity index (χ1v) is 6.09. The second kappa shape index (κ2) is 4.27. The maximum Gasteiger partial charge on any atom is 0.211 e. The number of hydrazone groups is 1. The lowest BCUT2D eigenvalue weighted by Crippen LogP contribution is -2.33. The Kier molecular flexibility index (Phi) is 3.56. The average Bonchev–Trinajstić information content (AvgIpc) is 2.43. The minimum Gasteiger partial charge on any atom is -0.455 e. The highest BCUT2D eigenvalue weighted by Crippen LogP contribution is 2.37. The van der Waals surface area contributed by atoms with Crippen molar-refractivity contribution < 1.29 is 4.74 Å². The number of nitrogens with zero attached hydrogens (tertiary/aromatic N) is 1. The molecule has 3 heteroatoms. The number of hydrogen-bond acceptors (Lipinski definition) is 3. The quantitative estimate of drug-likeness (QED) is 0.783. The number of hydrogen-bond donors (Lipinski definition) is 1. The summed E-state index contributed by atoms with van der Waals surface area (Å²) in [6.07, 6.45) is 1.10. The Labute approximate surface area is 99.6 Å². The third kappa shape index (κ3) is 3.69. The average molecular weight is 226 g/mol. The SMILES string of the molecule is CC1NN=C(C(CC(C)(C)C)C(C)(C)C)O1. The summed E-state index contributed by atoms with van der Waals surface area (Å²) in [6, 6.07) is 0. The molecule has 0 aromatic carbocycles. The van der Waals surface area contributed by atoms with E-state index in [-0.39, 0.29) is 17.1 Å². The molecule has 0 aromatic heterocycles. The van der Waals surface area contributed by atoms with E-state index in [9.17, 15) is 0 Å². The first-order chi connectivity index (χ1) is 7.09. The molecule has 1 rings (SSSR count). The Morgan fingerprint density at radius 3 is 2.12 bits per heavy atom. The second-order valence-electron chi connectivity index (χ2n) is 7.02. The minimum atomic E-state index is 0.0137. The Morgan fingerprint density at radius 2 is 1.81 bits per heavy atom. The van der Waals surface area contributed by atoms with Gasteiger partial charge in [-0.2, -0.15) is 0 Å². The third-order valence-electron chi connectivity index (χ3n) is 2.81. The molecule has 1 N–H and O–H groups in total. The molecule has 1 aliphatic heterocycles. The summed E-state index contributed by atoms with van der Waals surface area (Å²) in [4.78, 5) is 0. The molecule has 0 radical (unpaired) electrons. The monoisotopic (exact) mass is 226 g/mol. The van der Waals surface area contributed by atoms with Crippen LogP contribution in [0.15, 0.2) is 5.10 Å². The van der Waals surface area contributed by atoms with E-state index < -0.39 is 0 Å². The van der Waals surface area contributed by atoms with Gasteiger partial charge in [-0.05, 0) is 24.2 Å². The Balaban J connectivity index is 2.81. The minimum absolute atomic E-state index is 0.0137. The molecular formula is C13H26N2O. The van der Waals surface area contributed by atoms with Crippen LogP contribution in [0.2, 0.25) is 0 Å². The van der Waals surface area contributed by atoms with Crippen molar-refractivity contribution in [1.29, 1.82) is 0 Å². The van der Waals surface area contributed by atoms with Crippen molar-refractivity contribution in [3.63, 3.8) is 0 Å². The van der Waals surface area contributed by atoms with Crippen LogP contribution in [0.25, 0.3) is 0 Å². The van der Waals surface area contributed by atoms with Gasteiger partial charge in [-0.3, -0.25) is 5.43 Å². The van der Waals surface area contributed by atoms with Gasteiger partial charge < -0.3 is 4.74 Å². The van der Waals surface area contributed by atoms with Crippen molar-refractivity contribution in [2.24, 2.45) is 21.8 Å². The lowest BCUT2D eigenvalue weighted by Gasteiger charge is -2.34. The Bertz CT molecular complexity index is 271. The van der Waals surface area contributed by atoms with E-state index in [1.165, 1.54) is 0 Å². The van der Waals surface area contributed by atoms with Gasteiger partial charge in [-0.15, -0.1) is 5.10 Å². The van der Waals surface area contributed by atoms with Crippen LogP contribution in [0.1, 0.15) is 54.9 Å². The first kappa shape index (κ1) is 13.3. The van der Waals surface area contributed by atoms with Crippen LogP contribution < -0.4 is 5.43 Å². The fraction of sp³-hybridized carbons (Fsp3) is 0.923. The van der Waals surface area contributed by atoms with Crippen LogP contribution in [-0.4, -0.2) is 12.1 Å². The topological polar surface area (TPSA) is 33.6 Å². The van der Waals surface area contributed by atoms with Gasteiger partial charge in [-0.1, -0.05) is 41.5 Å². The third-order valence-corrected chi connectivity index (χ3v) is 2.81. The predicted molar refractivity (Wildman–Crippen MR) is 68.1 cm³/mol. The molecule has 0 bridgehead atoms. The molecule has 1 heterocycles. The zero-order chi connectivity index (χ0) is 12.6. The molecule has 1 aliphatic rings. The molecule has 94 valence electrons. The largest absolute Gasteiger partial charge is 0.455 e. The van der Waals surface area contributed by atoms with Crippen LogP contribution in [0.3, 0.4) is 0 Å². The molecule has 0 saturated heterocycles. The highest BCUT2D eigenvalue weighted by Gasteiger charge is 2.36. The summed E-state index contributed by atoms with van der Waals surface area (Å²) < 4.78 is 5.73. The smallest absolute Gasteiger partial charge is 0.211 e. The van der Waals surface area contributed by atoms with E-state index in [4.69, 9.17) is 4.74 Å². The van der Waals surface area contributed by atoms with Gasteiger partial charge >= 0.3 is 0 Å².